The zero-order valence-electron chi connectivity index (χ0n) is 13.1. The van der Waals surface area contributed by atoms with E-state index >= 15 is 0 Å². The molecule has 0 aliphatic heterocycles. The normalized spacial score (nSPS) is 10.7. The van der Waals surface area contributed by atoms with Crippen LogP contribution < -0.4 is 5.32 Å². The molecule has 0 aliphatic rings. The summed E-state index contributed by atoms with van der Waals surface area (Å²) in [7, 11) is 0. The molecule has 26 heavy (non-hydrogen) atoms. The van der Waals surface area contributed by atoms with Gasteiger partial charge in [0.15, 0.2) is 0 Å². The number of anilines is 1. The number of hydrogen-bond donors (Lipinski definition) is 1. The number of nitrogens with one attached hydrogen (secondary N) is 1. The summed E-state index contributed by atoms with van der Waals surface area (Å²) >= 11 is 1.34. The number of rotatable bonds is 4. The summed E-state index contributed by atoms with van der Waals surface area (Å²) in [6.45, 7) is 0. The van der Waals surface area contributed by atoms with Crippen molar-refractivity contribution in [2.24, 2.45) is 0 Å². The molecule has 3 heterocycles. The number of hydrogen-bond acceptors (Lipinski definition) is 7. The van der Waals surface area contributed by atoms with E-state index in [1.165, 1.54) is 42.1 Å². The van der Waals surface area contributed by atoms with Crippen LogP contribution in [0.2, 0.25) is 0 Å². The molecule has 1 N–H and O–H groups in total. The van der Waals surface area contributed by atoms with Crippen molar-refractivity contribution >= 4 is 22.9 Å². The molecule has 0 unspecified atom stereocenters. The van der Waals surface area contributed by atoms with Gasteiger partial charge in [0.05, 0.1) is 11.9 Å². The van der Waals surface area contributed by atoms with E-state index in [0.29, 0.717) is 22.0 Å². The van der Waals surface area contributed by atoms with Gasteiger partial charge in [-0.25, -0.2) is 9.37 Å². The number of carbonyl (C=O) groups is 1. The third-order valence-electron chi connectivity index (χ3n) is 3.43. The van der Waals surface area contributed by atoms with Crippen LogP contribution in [0.1, 0.15) is 10.5 Å². The number of thiophene rings is 1. The van der Waals surface area contributed by atoms with Crippen LogP contribution in [-0.4, -0.2) is 26.0 Å². The standard InChI is InChI=1S/C17H10FN5O2S/c18-11-3-1-10(2-4-11)15-22-17(25-23-15)14-12(5-8-26-14)21-16(24)13-9-19-6-7-20-13/h1-9H,(H,21,24). The Hall–Kier alpha value is -3.46. The van der Waals surface area contributed by atoms with Crippen molar-refractivity contribution in [2.75, 3.05) is 5.32 Å². The van der Waals surface area contributed by atoms with Gasteiger partial charge < -0.3 is 9.84 Å². The second kappa shape index (κ2) is 6.81. The Balaban J connectivity index is 1.59. The topological polar surface area (TPSA) is 93.8 Å². The first-order valence-corrected chi connectivity index (χ1v) is 8.33. The first kappa shape index (κ1) is 16.0. The summed E-state index contributed by atoms with van der Waals surface area (Å²) in [4.78, 5) is 25.0. The molecule has 0 aliphatic carbocycles. The molecule has 0 saturated carbocycles. The highest BCUT2D eigenvalue weighted by molar-refractivity contribution is 7.14. The maximum atomic E-state index is 13.0. The van der Waals surface area contributed by atoms with Gasteiger partial charge in [0.2, 0.25) is 5.82 Å². The maximum Gasteiger partial charge on any atom is 0.275 e. The highest BCUT2D eigenvalue weighted by Gasteiger charge is 2.18. The fourth-order valence-corrected chi connectivity index (χ4v) is 2.98. The number of benzene rings is 1. The zero-order valence-corrected chi connectivity index (χ0v) is 13.9. The number of amides is 1. The van der Waals surface area contributed by atoms with Crippen LogP contribution in [0.3, 0.4) is 0 Å². The smallest absolute Gasteiger partial charge is 0.275 e. The largest absolute Gasteiger partial charge is 0.333 e. The van der Waals surface area contributed by atoms with Gasteiger partial charge in [0, 0.05) is 18.0 Å². The van der Waals surface area contributed by atoms with Crippen LogP contribution in [-0.2, 0) is 0 Å². The van der Waals surface area contributed by atoms with Crippen LogP contribution in [0.5, 0.6) is 0 Å². The minimum absolute atomic E-state index is 0.196. The van der Waals surface area contributed by atoms with Crippen molar-refractivity contribution in [3.63, 3.8) is 0 Å². The molecule has 0 atom stereocenters. The minimum Gasteiger partial charge on any atom is -0.333 e. The van der Waals surface area contributed by atoms with Gasteiger partial charge in [0.25, 0.3) is 11.8 Å². The fourth-order valence-electron chi connectivity index (χ4n) is 2.21. The summed E-state index contributed by atoms with van der Waals surface area (Å²) in [5.41, 5.74) is 1.35. The van der Waals surface area contributed by atoms with Crippen molar-refractivity contribution in [3.05, 3.63) is 65.8 Å². The average Bonchev–Trinajstić information content (AvgIpc) is 3.32. The summed E-state index contributed by atoms with van der Waals surface area (Å²) in [5.74, 6) is -0.144. The summed E-state index contributed by atoms with van der Waals surface area (Å²) < 4.78 is 18.3. The molecule has 4 rings (SSSR count). The molecular weight excluding hydrogens is 357 g/mol. The molecule has 9 heteroatoms. The van der Waals surface area contributed by atoms with Crippen LogP contribution in [0.15, 0.2) is 58.8 Å². The Kier molecular flexibility index (Phi) is 4.20. The van der Waals surface area contributed by atoms with Gasteiger partial charge in [-0.2, -0.15) is 4.98 Å². The number of aromatic nitrogens is 4. The lowest BCUT2D eigenvalue weighted by atomic mass is 10.2. The SMILES string of the molecule is O=C(Nc1ccsc1-c1nc(-c2ccc(F)cc2)no1)c1cnccn1. The molecule has 1 amide bonds. The molecule has 128 valence electrons. The van der Waals surface area contributed by atoms with E-state index in [4.69, 9.17) is 4.52 Å². The molecule has 0 fully saturated rings. The van der Waals surface area contributed by atoms with Crippen molar-refractivity contribution in [3.8, 4) is 22.2 Å². The monoisotopic (exact) mass is 367 g/mol. The third kappa shape index (κ3) is 3.20. The molecular formula is C17H10FN5O2S. The second-order valence-corrected chi connectivity index (χ2v) is 6.05. The van der Waals surface area contributed by atoms with E-state index in [1.807, 2.05) is 0 Å². The molecule has 1 aromatic carbocycles. The van der Waals surface area contributed by atoms with E-state index in [0.717, 1.165) is 0 Å². The van der Waals surface area contributed by atoms with E-state index in [2.05, 4.69) is 25.4 Å². The summed E-state index contributed by atoms with van der Waals surface area (Å²) in [5, 5.41) is 8.46. The van der Waals surface area contributed by atoms with Gasteiger partial charge in [-0.1, -0.05) is 5.16 Å². The summed E-state index contributed by atoms with van der Waals surface area (Å²) in [6.07, 6.45) is 4.30. The lowest BCUT2D eigenvalue weighted by molar-refractivity contribution is 0.102. The third-order valence-corrected chi connectivity index (χ3v) is 4.33. The number of halogens is 1. The van der Waals surface area contributed by atoms with Crippen molar-refractivity contribution in [1.29, 1.82) is 0 Å². The fraction of sp³-hybridized carbons (Fsp3) is 0. The Labute approximate surface area is 150 Å². The Morgan fingerprint density at radius 2 is 2.00 bits per heavy atom. The lowest BCUT2D eigenvalue weighted by Crippen LogP contribution is -2.13. The predicted octanol–water partition coefficient (Wildman–Crippen LogP) is 3.65. The zero-order chi connectivity index (χ0) is 17.9. The van der Waals surface area contributed by atoms with E-state index in [1.54, 1.807) is 23.6 Å². The summed E-state index contributed by atoms with van der Waals surface area (Å²) in [6, 6.07) is 7.51. The quantitative estimate of drug-likeness (QED) is 0.592. The van der Waals surface area contributed by atoms with Crippen molar-refractivity contribution in [2.45, 2.75) is 0 Å². The molecule has 0 bridgehead atoms. The predicted molar refractivity (Wildman–Crippen MR) is 93.0 cm³/mol. The molecule has 0 spiro atoms. The second-order valence-electron chi connectivity index (χ2n) is 5.14. The van der Waals surface area contributed by atoms with E-state index < -0.39 is 5.91 Å². The van der Waals surface area contributed by atoms with Gasteiger partial charge in [0.1, 0.15) is 16.4 Å². The minimum atomic E-state index is -0.393. The van der Waals surface area contributed by atoms with Crippen LogP contribution in [0, 0.1) is 5.82 Å². The highest BCUT2D eigenvalue weighted by atomic mass is 32.1. The lowest BCUT2D eigenvalue weighted by Gasteiger charge is -2.03. The first-order chi connectivity index (χ1) is 12.7. The Morgan fingerprint density at radius 3 is 2.77 bits per heavy atom. The highest BCUT2D eigenvalue weighted by Crippen LogP contribution is 2.33. The molecule has 3 aromatic heterocycles. The van der Waals surface area contributed by atoms with E-state index in [9.17, 15) is 9.18 Å². The maximum absolute atomic E-state index is 13.0. The van der Waals surface area contributed by atoms with Crippen LogP contribution in [0.4, 0.5) is 10.1 Å². The average molecular weight is 367 g/mol. The Bertz CT molecular complexity index is 1050. The van der Waals surface area contributed by atoms with Crippen LogP contribution >= 0.6 is 11.3 Å². The van der Waals surface area contributed by atoms with Crippen LogP contribution in [0.25, 0.3) is 22.2 Å². The Morgan fingerprint density at radius 1 is 1.15 bits per heavy atom. The number of nitrogens with zero attached hydrogens (tertiary/aromatic N) is 4. The first-order valence-electron chi connectivity index (χ1n) is 7.45. The van der Waals surface area contributed by atoms with Crippen molar-refractivity contribution in [1.82, 2.24) is 20.1 Å². The molecule has 7 nitrogen and oxygen atoms in total. The van der Waals surface area contributed by atoms with Gasteiger partial charge in [-0.15, -0.1) is 11.3 Å². The molecule has 0 saturated heterocycles. The van der Waals surface area contributed by atoms with Gasteiger partial charge in [-0.3, -0.25) is 9.78 Å². The van der Waals surface area contributed by atoms with Crippen molar-refractivity contribution < 1.29 is 13.7 Å². The van der Waals surface area contributed by atoms with Gasteiger partial charge >= 0.3 is 0 Å². The van der Waals surface area contributed by atoms with E-state index in [-0.39, 0.29) is 17.4 Å². The molecule has 0 radical (unpaired) electrons. The van der Waals surface area contributed by atoms with Gasteiger partial charge in [-0.05, 0) is 35.7 Å². The molecule has 4 aromatic rings. The number of carbonyl (C=O) groups excluding carboxylic acids is 1.